The van der Waals surface area contributed by atoms with E-state index in [0.717, 1.165) is 58.5 Å². The van der Waals surface area contributed by atoms with Crippen LogP contribution in [-0.2, 0) is 4.79 Å². The molecule has 9 heteroatoms. The summed E-state index contributed by atoms with van der Waals surface area (Å²) in [5, 5.41) is 22.8. The molecule has 0 aromatic carbocycles. The molecule has 1 aliphatic carbocycles. The van der Waals surface area contributed by atoms with Gasteiger partial charge in [0.2, 0.25) is 5.91 Å². The van der Waals surface area contributed by atoms with Crippen molar-refractivity contribution in [2.75, 3.05) is 31.6 Å². The number of nitrogens with one attached hydrogen (secondary N) is 1. The zero-order valence-electron chi connectivity index (χ0n) is 19.4. The monoisotopic (exact) mass is 481 g/mol. The highest BCUT2D eigenvalue weighted by Gasteiger charge is 2.31. The number of hydrogen-bond donors (Lipinski definition) is 3. The van der Waals surface area contributed by atoms with Crippen LogP contribution in [0.15, 0.2) is 42.7 Å². The molecule has 3 aromatic heterocycles. The lowest BCUT2D eigenvalue weighted by molar-refractivity contribution is -0.137. The lowest BCUT2D eigenvalue weighted by Crippen LogP contribution is -2.40. The number of hydrogen-bond acceptors (Lipinski definition) is 8. The maximum absolute atomic E-state index is 12.8. The Labute approximate surface area is 203 Å². The van der Waals surface area contributed by atoms with Gasteiger partial charge in [-0.3, -0.25) is 4.79 Å². The number of aliphatic hydroxyl groups excluding tert-OH is 2. The van der Waals surface area contributed by atoms with E-state index in [4.69, 9.17) is 4.98 Å². The van der Waals surface area contributed by atoms with Gasteiger partial charge in [-0.15, -0.1) is 11.3 Å². The van der Waals surface area contributed by atoms with Crippen LogP contribution in [0.2, 0.25) is 0 Å². The van der Waals surface area contributed by atoms with Gasteiger partial charge in [0.05, 0.1) is 28.8 Å². The van der Waals surface area contributed by atoms with E-state index < -0.39 is 0 Å². The molecule has 8 nitrogen and oxygen atoms in total. The number of aromatic nitrogens is 3. The van der Waals surface area contributed by atoms with Crippen molar-refractivity contribution in [1.29, 1.82) is 0 Å². The van der Waals surface area contributed by atoms with Crippen LogP contribution in [-0.4, -0.2) is 62.3 Å². The number of rotatable bonds is 9. The number of thiazole rings is 1. The van der Waals surface area contributed by atoms with Crippen molar-refractivity contribution in [1.82, 2.24) is 19.9 Å². The van der Waals surface area contributed by atoms with E-state index in [1.807, 2.05) is 43.5 Å². The minimum absolute atomic E-state index is 0.0398. The fourth-order valence-corrected chi connectivity index (χ4v) is 5.45. The molecular weight excluding hydrogens is 450 g/mol. The first-order valence-corrected chi connectivity index (χ1v) is 12.5. The Morgan fingerprint density at radius 1 is 1.09 bits per heavy atom. The minimum atomic E-state index is -0.0881. The number of carbonyl (C=O) groups excluding carboxylic acids is 1. The molecule has 0 radical (unpaired) electrons. The fraction of sp³-hybridized carbons (Fsp3) is 0.440. The molecule has 3 heterocycles. The van der Waals surface area contributed by atoms with Crippen molar-refractivity contribution in [3.8, 4) is 10.6 Å². The Morgan fingerprint density at radius 3 is 2.56 bits per heavy atom. The standard InChI is InChI=1S/C25H31N5O3S/c1-17-9-10-26-23(15-17)29-22-4-2-3-20(28-22)21-16-27-24(34-21)18-5-7-19(8-6-18)25(33)30(11-13-31)12-14-32/h2-4,9-10,15-16,18-19,31-32H,5-8,11-14H2,1H3,(H,26,28,29). The van der Waals surface area contributed by atoms with Gasteiger partial charge in [0.15, 0.2) is 0 Å². The van der Waals surface area contributed by atoms with Gasteiger partial charge < -0.3 is 20.4 Å². The van der Waals surface area contributed by atoms with Gasteiger partial charge in [-0.25, -0.2) is 15.0 Å². The zero-order valence-corrected chi connectivity index (χ0v) is 20.2. The first-order chi connectivity index (χ1) is 16.6. The summed E-state index contributed by atoms with van der Waals surface area (Å²) in [6.07, 6.45) is 7.07. The third-order valence-electron chi connectivity index (χ3n) is 6.17. The van der Waals surface area contributed by atoms with E-state index in [1.165, 1.54) is 0 Å². The van der Waals surface area contributed by atoms with E-state index in [0.29, 0.717) is 5.92 Å². The molecule has 1 saturated carbocycles. The Morgan fingerprint density at radius 2 is 1.85 bits per heavy atom. The Balaban J connectivity index is 1.38. The van der Waals surface area contributed by atoms with Crippen LogP contribution in [0.25, 0.3) is 10.6 Å². The van der Waals surface area contributed by atoms with Crippen molar-refractivity contribution in [3.05, 3.63) is 53.3 Å². The zero-order chi connectivity index (χ0) is 23.9. The van der Waals surface area contributed by atoms with Crippen molar-refractivity contribution in [2.24, 2.45) is 5.92 Å². The maximum Gasteiger partial charge on any atom is 0.225 e. The molecule has 0 unspecified atom stereocenters. The lowest BCUT2D eigenvalue weighted by Gasteiger charge is -2.31. The van der Waals surface area contributed by atoms with Crippen molar-refractivity contribution >= 4 is 28.9 Å². The van der Waals surface area contributed by atoms with E-state index in [1.54, 1.807) is 22.4 Å². The van der Waals surface area contributed by atoms with Gasteiger partial charge in [0, 0.05) is 37.3 Å². The summed E-state index contributed by atoms with van der Waals surface area (Å²) in [6.45, 7) is 2.40. The number of aryl methyl sites for hydroxylation is 1. The van der Waals surface area contributed by atoms with Crippen molar-refractivity contribution in [3.63, 3.8) is 0 Å². The van der Waals surface area contributed by atoms with Crippen LogP contribution < -0.4 is 5.32 Å². The first-order valence-electron chi connectivity index (χ1n) is 11.7. The molecule has 4 rings (SSSR count). The second-order valence-electron chi connectivity index (χ2n) is 8.64. The Bertz CT molecular complexity index is 1090. The number of pyridine rings is 2. The SMILES string of the molecule is Cc1ccnc(Nc2cccc(-c3cnc(C4CCC(C(=O)N(CCO)CCO)CC4)s3)n2)c1. The number of carbonyl (C=O) groups is 1. The summed E-state index contributed by atoms with van der Waals surface area (Å²) in [6, 6.07) is 9.81. The van der Waals surface area contributed by atoms with Crippen LogP contribution in [0.5, 0.6) is 0 Å². The van der Waals surface area contributed by atoms with E-state index in [-0.39, 0.29) is 38.1 Å². The normalized spacial score (nSPS) is 18.0. The van der Waals surface area contributed by atoms with Crippen LogP contribution >= 0.6 is 11.3 Å². The van der Waals surface area contributed by atoms with Crippen LogP contribution in [0, 0.1) is 12.8 Å². The quantitative estimate of drug-likeness (QED) is 0.427. The molecule has 0 saturated heterocycles. The van der Waals surface area contributed by atoms with Gasteiger partial charge >= 0.3 is 0 Å². The number of amides is 1. The molecule has 34 heavy (non-hydrogen) atoms. The third-order valence-corrected chi connectivity index (χ3v) is 7.36. The first kappa shape index (κ1) is 24.3. The second kappa shape index (κ2) is 11.5. The molecule has 0 aliphatic heterocycles. The third kappa shape index (κ3) is 5.97. The Hall–Kier alpha value is -2.88. The minimum Gasteiger partial charge on any atom is -0.395 e. The average molecular weight is 482 g/mol. The van der Waals surface area contributed by atoms with Crippen molar-refractivity contribution in [2.45, 2.75) is 38.5 Å². The molecule has 0 bridgehead atoms. The van der Waals surface area contributed by atoms with Crippen molar-refractivity contribution < 1.29 is 15.0 Å². The summed E-state index contributed by atoms with van der Waals surface area (Å²) in [5.41, 5.74) is 2.00. The molecule has 1 aliphatic rings. The topological polar surface area (TPSA) is 111 Å². The highest BCUT2D eigenvalue weighted by Crippen LogP contribution is 2.39. The molecule has 3 N–H and O–H groups in total. The van der Waals surface area contributed by atoms with Gasteiger partial charge in [-0.05, 0) is 62.4 Å². The Kier molecular flexibility index (Phi) is 8.21. The van der Waals surface area contributed by atoms with E-state index in [2.05, 4.69) is 15.3 Å². The maximum atomic E-state index is 12.8. The highest BCUT2D eigenvalue weighted by molar-refractivity contribution is 7.15. The van der Waals surface area contributed by atoms with Gasteiger partial charge in [0.25, 0.3) is 0 Å². The second-order valence-corrected chi connectivity index (χ2v) is 9.70. The van der Waals surface area contributed by atoms with Gasteiger partial charge in [-0.2, -0.15) is 0 Å². The van der Waals surface area contributed by atoms with Crippen LogP contribution in [0.4, 0.5) is 11.6 Å². The van der Waals surface area contributed by atoms with Gasteiger partial charge in [0.1, 0.15) is 11.6 Å². The summed E-state index contributed by atoms with van der Waals surface area (Å²) in [4.78, 5) is 29.1. The summed E-state index contributed by atoms with van der Waals surface area (Å²) < 4.78 is 0. The summed E-state index contributed by atoms with van der Waals surface area (Å²) in [5.74, 6) is 1.83. The smallest absolute Gasteiger partial charge is 0.225 e. The number of nitrogens with zero attached hydrogens (tertiary/aromatic N) is 4. The summed E-state index contributed by atoms with van der Waals surface area (Å²) >= 11 is 1.66. The summed E-state index contributed by atoms with van der Waals surface area (Å²) in [7, 11) is 0. The van der Waals surface area contributed by atoms with Crippen LogP contribution in [0.3, 0.4) is 0 Å². The highest BCUT2D eigenvalue weighted by atomic mass is 32.1. The van der Waals surface area contributed by atoms with Crippen LogP contribution in [0.1, 0.15) is 42.2 Å². The van der Waals surface area contributed by atoms with Gasteiger partial charge in [-0.1, -0.05) is 6.07 Å². The molecule has 0 spiro atoms. The van der Waals surface area contributed by atoms with E-state index >= 15 is 0 Å². The predicted octanol–water partition coefficient (Wildman–Crippen LogP) is 3.74. The molecule has 0 atom stereocenters. The number of aliphatic hydroxyl groups is 2. The molecule has 1 fully saturated rings. The largest absolute Gasteiger partial charge is 0.395 e. The fourth-order valence-electron chi connectivity index (χ4n) is 4.39. The molecule has 3 aromatic rings. The molecule has 1 amide bonds. The molecular formula is C25H31N5O3S. The number of anilines is 2. The average Bonchev–Trinajstić information content (AvgIpc) is 3.34. The molecule has 180 valence electrons. The predicted molar refractivity (Wildman–Crippen MR) is 133 cm³/mol. The van der Waals surface area contributed by atoms with E-state index in [9.17, 15) is 15.0 Å². The lowest BCUT2D eigenvalue weighted by atomic mass is 9.81.